The summed E-state index contributed by atoms with van der Waals surface area (Å²) in [6.45, 7) is 1.93. The highest BCUT2D eigenvalue weighted by Gasteiger charge is 2.34. The first-order valence-corrected chi connectivity index (χ1v) is 8.79. The maximum absolute atomic E-state index is 13.4. The molecule has 2 unspecified atom stereocenters. The number of hydrogen-bond acceptors (Lipinski definition) is 3. The molecule has 1 fully saturated rings. The monoisotopic (exact) mass is 299 g/mol. The SMILES string of the molecule is CNC(Cc1cc(F)ccc1C)C1CCCCS1(=O)=O. The van der Waals surface area contributed by atoms with E-state index >= 15 is 0 Å². The van der Waals surface area contributed by atoms with Gasteiger partial charge in [-0.2, -0.15) is 0 Å². The Labute approximate surface area is 120 Å². The van der Waals surface area contributed by atoms with Crippen molar-refractivity contribution in [1.82, 2.24) is 5.32 Å². The Morgan fingerprint density at radius 2 is 2.15 bits per heavy atom. The van der Waals surface area contributed by atoms with E-state index in [9.17, 15) is 12.8 Å². The first-order valence-electron chi connectivity index (χ1n) is 7.08. The summed E-state index contributed by atoms with van der Waals surface area (Å²) in [7, 11) is -1.25. The van der Waals surface area contributed by atoms with E-state index in [0.717, 1.165) is 24.0 Å². The second-order valence-electron chi connectivity index (χ2n) is 5.57. The first-order chi connectivity index (χ1) is 9.44. The molecule has 3 nitrogen and oxygen atoms in total. The second kappa shape index (κ2) is 6.22. The number of nitrogens with one attached hydrogen (secondary N) is 1. The molecule has 1 aromatic carbocycles. The molecule has 1 aliphatic rings. The van der Waals surface area contributed by atoms with E-state index in [2.05, 4.69) is 5.32 Å². The summed E-state index contributed by atoms with van der Waals surface area (Å²) < 4.78 is 37.8. The quantitative estimate of drug-likeness (QED) is 0.927. The number of likely N-dealkylation sites (N-methyl/N-ethyl adjacent to an activating group) is 1. The summed E-state index contributed by atoms with van der Waals surface area (Å²) in [4.78, 5) is 0. The molecule has 0 bridgehead atoms. The van der Waals surface area contributed by atoms with Crippen LogP contribution in [-0.2, 0) is 16.3 Å². The Balaban J connectivity index is 2.22. The van der Waals surface area contributed by atoms with Crippen molar-refractivity contribution in [2.45, 2.75) is 43.9 Å². The van der Waals surface area contributed by atoms with Gasteiger partial charge in [0.25, 0.3) is 0 Å². The zero-order chi connectivity index (χ0) is 14.8. The Hall–Kier alpha value is -0.940. The number of sulfone groups is 1. The topological polar surface area (TPSA) is 46.2 Å². The van der Waals surface area contributed by atoms with Gasteiger partial charge in [-0.05, 0) is 56.5 Å². The van der Waals surface area contributed by atoms with E-state index in [1.807, 2.05) is 6.92 Å². The summed E-state index contributed by atoms with van der Waals surface area (Å²) in [5.74, 6) is 0.00443. The minimum absolute atomic E-state index is 0.152. The van der Waals surface area contributed by atoms with Crippen molar-refractivity contribution in [2.24, 2.45) is 0 Å². The number of benzene rings is 1. The molecule has 1 aromatic rings. The lowest BCUT2D eigenvalue weighted by molar-refractivity contribution is 0.455. The molecule has 1 aliphatic heterocycles. The fourth-order valence-corrected chi connectivity index (χ4v) is 5.12. The van der Waals surface area contributed by atoms with Crippen LogP contribution in [0.1, 0.15) is 30.4 Å². The van der Waals surface area contributed by atoms with Crippen LogP contribution in [-0.4, -0.2) is 32.5 Å². The third-order valence-corrected chi connectivity index (χ3v) is 6.54. The van der Waals surface area contributed by atoms with Gasteiger partial charge in [0.2, 0.25) is 0 Å². The summed E-state index contributed by atoms with van der Waals surface area (Å²) in [6.07, 6.45) is 2.95. The molecule has 0 amide bonds. The molecule has 0 spiro atoms. The van der Waals surface area contributed by atoms with Crippen LogP contribution in [0.5, 0.6) is 0 Å². The molecular weight excluding hydrogens is 277 g/mol. The van der Waals surface area contributed by atoms with Gasteiger partial charge in [0.05, 0.1) is 11.0 Å². The highest BCUT2D eigenvalue weighted by Crippen LogP contribution is 2.25. The third kappa shape index (κ3) is 3.38. The predicted octanol–water partition coefficient (Wildman–Crippen LogP) is 2.23. The number of halogens is 1. The molecule has 0 radical (unpaired) electrons. The molecule has 2 rings (SSSR count). The van der Waals surface area contributed by atoms with Gasteiger partial charge in [-0.15, -0.1) is 0 Å². The smallest absolute Gasteiger partial charge is 0.154 e. The summed E-state index contributed by atoms with van der Waals surface area (Å²) in [6, 6.07) is 4.53. The summed E-state index contributed by atoms with van der Waals surface area (Å²) >= 11 is 0. The Morgan fingerprint density at radius 3 is 2.80 bits per heavy atom. The zero-order valence-electron chi connectivity index (χ0n) is 12.0. The Bertz CT molecular complexity index is 571. The van der Waals surface area contributed by atoms with E-state index in [-0.39, 0.29) is 22.9 Å². The Morgan fingerprint density at radius 1 is 1.40 bits per heavy atom. The van der Waals surface area contributed by atoms with Crippen molar-refractivity contribution in [3.63, 3.8) is 0 Å². The van der Waals surface area contributed by atoms with Gasteiger partial charge < -0.3 is 5.32 Å². The van der Waals surface area contributed by atoms with Crippen molar-refractivity contribution < 1.29 is 12.8 Å². The molecule has 0 aliphatic carbocycles. The average molecular weight is 299 g/mol. The van der Waals surface area contributed by atoms with Crippen LogP contribution in [0.15, 0.2) is 18.2 Å². The normalized spacial score (nSPS) is 23.4. The van der Waals surface area contributed by atoms with E-state index in [4.69, 9.17) is 0 Å². The minimum Gasteiger partial charge on any atom is -0.315 e. The standard InChI is InChI=1S/C15H22FNO2S/c1-11-6-7-13(16)9-12(11)10-14(17-2)15-5-3-4-8-20(15,18)19/h6-7,9,14-15,17H,3-5,8,10H2,1-2H3. The van der Waals surface area contributed by atoms with E-state index in [1.54, 1.807) is 13.1 Å². The summed E-state index contributed by atoms with van der Waals surface area (Å²) in [5.41, 5.74) is 1.88. The zero-order valence-corrected chi connectivity index (χ0v) is 12.8. The van der Waals surface area contributed by atoms with Crippen LogP contribution in [0, 0.1) is 12.7 Å². The van der Waals surface area contributed by atoms with E-state index in [0.29, 0.717) is 12.8 Å². The van der Waals surface area contributed by atoms with Crippen LogP contribution in [0.4, 0.5) is 4.39 Å². The lowest BCUT2D eigenvalue weighted by Crippen LogP contribution is -2.46. The van der Waals surface area contributed by atoms with Crippen molar-refractivity contribution >= 4 is 9.84 Å². The van der Waals surface area contributed by atoms with Crippen LogP contribution in [0.2, 0.25) is 0 Å². The van der Waals surface area contributed by atoms with Gasteiger partial charge in [-0.25, -0.2) is 12.8 Å². The van der Waals surface area contributed by atoms with Gasteiger partial charge in [0, 0.05) is 6.04 Å². The molecule has 1 N–H and O–H groups in total. The molecule has 20 heavy (non-hydrogen) atoms. The van der Waals surface area contributed by atoms with E-state index < -0.39 is 9.84 Å². The van der Waals surface area contributed by atoms with Crippen LogP contribution in [0.25, 0.3) is 0 Å². The number of aryl methyl sites for hydroxylation is 1. The fraction of sp³-hybridized carbons (Fsp3) is 0.600. The largest absolute Gasteiger partial charge is 0.315 e. The van der Waals surface area contributed by atoms with Gasteiger partial charge >= 0.3 is 0 Å². The molecule has 1 saturated heterocycles. The van der Waals surface area contributed by atoms with Crippen molar-refractivity contribution in [1.29, 1.82) is 0 Å². The van der Waals surface area contributed by atoms with Crippen LogP contribution in [0.3, 0.4) is 0 Å². The molecule has 2 atom stereocenters. The predicted molar refractivity (Wildman–Crippen MR) is 79.1 cm³/mol. The fourth-order valence-electron chi connectivity index (χ4n) is 2.95. The lowest BCUT2D eigenvalue weighted by Gasteiger charge is -2.30. The molecule has 112 valence electrons. The summed E-state index contributed by atoms with van der Waals surface area (Å²) in [5, 5.41) is 2.76. The minimum atomic E-state index is -3.03. The highest BCUT2D eigenvalue weighted by molar-refractivity contribution is 7.92. The molecular formula is C15H22FNO2S. The van der Waals surface area contributed by atoms with Gasteiger partial charge in [-0.1, -0.05) is 12.5 Å². The van der Waals surface area contributed by atoms with Crippen molar-refractivity contribution in [3.05, 3.63) is 35.1 Å². The molecule has 0 aromatic heterocycles. The average Bonchev–Trinajstić information content (AvgIpc) is 2.40. The Kier molecular flexibility index (Phi) is 4.81. The van der Waals surface area contributed by atoms with E-state index in [1.165, 1.54) is 12.1 Å². The molecule has 1 heterocycles. The van der Waals surface area contributed by atoms with Gasteiger partial charge in [0.15, 0.2) is 9.84 Å². The van der Waals surface area contributed by atoms with Crippen molar-refractivity contribution in [3.8, 4) is 0 Å². The maximum Gasteiger partial charge on any atom is 0.154 e. The van der Waals surface area contributed by atoms with Gasteiger partial charge in [0.1, 0.15) is 5.82 Å². The third-order valence-electron chi connectivity index (χ3n) is 4.20. The van der Waals surface area contributed by atoms with Crippen molar-refractivity contribution in [2.75, 3.05) is 12.8 Å². The molecule has 5 heteroatoms. The lowest BCUT2D eigenvalue weighted by atomic mass is 9.96. The second-order valence-corrected chi connectivity index (χ2v) is 7.91. The highest BCUT2D eigenvalue weighted by atomic mass is 32.2. The maximum atomic E-state index is 13.4. The van der Waals surface area contributed by atoms with Crippen LogP contribution < -0.4 is 5.32 Å². The number of hydrogen-bond donors (Lipinski definition) is 1. The molecule has 0 saturated carbocycles. The van der Waals surface area contributed by atoms with Gasteiger partial charge in [-0.3, -0.25) is 0 Å². The number of rotatable bonds is 4. The first kappa shape index (κ1) is 15.4. The van der Waals surface area contributed by atoms with Crippen LogP contribution >= 0.6 is 0 Å².